The molecule has 0 atom stereocenters. The molecule has 8 heteroatoms. The molecule has 4 rings (SSSR count). The minimum absolute atomic E-state index is 0.0652. The van der Waals surface area contributed by atoms with Crippen LogP contribution in [0.5, 0.6) is 0 Å². The number of hydrogen-bond donors (Lipinski definition) is 1. The molecule has 0 unspecified atom stereocenters. The molecule has 0 aliphatic rings. The molecule has 3 aromatic heterocycles. The van der Waals surface area contributed by atoms with Gasteiger partial charge in [0.05, 0.1) is 22.0 Å². The first kappa shape index (κ1) is 16.0. The molecule has 25 heavy (non-hydrogen) atoms. The minimum Gasteiger partial charge on any atom is -0.309 e. The number of aromatic amines is 1. The topological polar surface area (TPSA) is 80.6 Å². The first-order valence-electron chi connectivity index (χ1n) is 7.60. The van der Waals surface area contributed by atoms with E-state index >= 15 is 0 Å². The monoisotopic (exact) mass is 370 g/mol. The van der Waals surface area contributed by atoms with Crippen LogP contribution < -0.4 is 11.1 Å². The number of fused-ring (bicyclic) bond motifs is 2. The van der Waals surface area contributed by atoms with Gasteiger partial charge in [-0.25, -0.2) is 9.97 Å². The smallest absolute Gasteiger partial charge is 0.262 e. The second-order valence-corrected chi connectivity index (χ2v) is 7.51. The molecule has 3 heterocycles. The van der Waals surface area contributed by atoms with Crippen LogP contribution in [0.4, 0.5) is 0 Å². The van der Waals surface area contributed by atoms with Crippen LogP contribution in [-0.2, 0) is 12.8 Å². The number of aromatic nitrogens is 4. The van der Waals surface area contributed by atoms with Gasteiger partial charge in [0, 0.05) is 7.05 Å². The number of aryl methyl sites for hydroxylation is 1. The summed E-state index contributed by atoms with van der Waals surface area (Å²) in [5.41, 5.74) is 1.45. The molecule has 1 aromatic carbocycles. The van der Waals surface area contributed by atoms with Crippen molar-refractivity contribution in [2.45, 2.75) is 17.8 Å². The van der Waals surface area contributed by atoms with Crippen molar-refractivity contribution in [3.8, 4) is 0 Å². The molecule has 0 amide bonds. The third-order valence-electron chi connectivity index (χ3n) is 3.99. The zero-order valence-corrected chi connectivity index (χ0v) is 15.2. The highest BCUT2D eigenvalue weighted by Crippen LogP contribution is 2.23. The van der Waals surface area contributed by atoms with Crippen molar-refractivity contribution in [3.05, 3.63) is 61.7 Å². The number of thiophene rings is 1. The summed E-state index contributed by atoms with van der Waals surface area (Å²) >= 11 is 2.82. The van der Waals surface area contributed by atoms with Crippen molar-refractivity contribution in [1.29, 1.82) is 0 Å². The van der Waals surface area contributed by atoms with Crippen molar-refractivity contribution in [2.75, 3.05) is 0 Å². The van der Waals surface area contributed by atoms with Crippen molar-refractivity contribution in [2.24, 2.45) is 7.05 Å². The predicted molar refractivity (Wildman–Crippen MR) is 102 cm³/mol. The highest BCUT2D eigenvalue weighted by atomic mass is 32.2. The first-order valence-corrected chi connectivity index (χ1v) is 9.46. The highest BCUT2D eigenvalue weighted by molar-refractivity contribution is 7.98. The van der Waals surface area contributed by atoms with Gasteiger partial charge in [0.25, 0.3) is 11.1 Å². The Bertz CT molecular complexity index is 1220. The molecular formula is C17H14N4O2S2. The molecule has 0 saturated heterocycles. The van der Waals surface area contributed by atoms with Gasteiger partial charge < -0.3 is 4.98 Å². The Hall–Kier alpha value is -2.45. The standard InChI is InChI=1S/C17H14N4O2S2/c1-9-4-3-5-10-13(9)18-12(19-14(10)22)8-25-17-20-15-11(6-7-24-15)16(23)21(17)2/h3-7H,8H2,1-2H3,(H,18,19,22). The van der Waals surface area contributed by atoms with Gasteiger partial charge in [0.2, 0.25) is 0 Å². The minimum atomic E-state index is -0.153. The SMILES string of the molecule is Cc1cccc2c(=O)[nH]c(CSc3nc4sccc4c(=O)n3C)nc12. The van der Waals surface area contributed by atoms with Gasteiger partial charge in [0.15, 0.2) is 5.16 Å². The van der Waals surface area contributed by atoms with Crippen molar-refractivity contribution < 1.29 is 0 Å². The summed E-state index contributed by atoms with van der Waals surface area (Å²) in [5.74, 6) is 0.994. The highest BCUT2D eigenvalue weighted by Gasteiger charge is 2.11. The number of H-pyrrole nitrogens is 1. The lowest BCUT2D eigenvalue weighted by Crippen LogP contribution is -2.19. The Morgan fingerprint density at radius 2 is 2.04 bits per heavy atom. The van der Waals surface area contributed by atoms with Crippen molar-refractivity contribution in [1.82, 2.24) is 19.5 Å². The Morgan fingerprint density at radius 3 is 2.88 bits per heavy atom. The fourth-order valence-electron chi connectivity index (χ4n) is 2.66. The molecule has 0 aliphatic carbocycles. The van der Waals surface area contributed by atoms with E-state index in [9.17, 15) is 9.59 Å². The molecular weight excluding hydrogens is 356 g/mol. The van der Waals surface area contributed by atoms with Gasteiger partial charge in [-0.1, -0.05) is 23.9 Å². The zero-order valence-electron chi connectivity index (χ0n) is 13.6. The Balaban J connectivity index is 1.71. The van der Waals surface area contributed by atoms with Gasteiger partial charge in [0.1, 0.15) is 10.7 Å². The molecule has 1 N–H and O–H groups in total. The summed E-state index contributed by atoms with van der Waals surface area (Å²) in [6.07, 6.45) is 0. The molecule has 4 aromatic rings. The Kier molecular flexibility index (Phi) is 3.93. The van der Waals surface area contributed by atoms with Gasteiger partial charge >= 0.3 is 0 Å². The van der Waals surface area contributed by atoms with Crippen LogP contribution in [0.2, 0.25) is 0 Å². The Morgan fingerprint density at radius 1 is 1.20 bits per heavy atom. The summed E-state index contributed by atoms with van der Waals surface area (Å²) in [4.78, 5) is 37.2. The second-order valence-electron chi connectivity index (χ2n) is 5.67. The maximum Gasteiger partial charge on any atom is 0.262 e. The van der Waals surface area contributed by atoms with E-state index in [1.54, 1.807) is 19.2 Å². The summed E-state index contributed by atoms with van der Waals surface area (Å²) in [6.45, 7) is 1.93. The van der Waals surface area contributed by atoms with E-state index in [4.69, 9.17) is 0 Å². The normalized spacial score (nSPS) is 11.4. The van der Waals surface area contributed by atoms with E-state index in [0.29, 0.717) is 33.0 Å². The van der Waals surface area contributed by atoms with Crippen LogP contribution in [0.3, 0.4) is 0 Å². The van der Waals surface area contributed by atoms with Crippen molar-refractivity contribution in [3.63, 3.8) is 0 Å². The van der Waals surface area contributed by atoms with Gasteiger partial charge in [-0.2, -0.15) is 0 Å². The second kappa shape index (κ2) is 6.12. The average Bonchev–Trinajstić information content (AvgIpc) is 3.06. The quantitative estimate of drug-likeness (QED) is 0.443. The average molecular weight is 370 g/mol. The fourth-order valence-corrected chi connectivity index (χ4v) is 4.31. The van der Waals surface area contributed by atoms with Crippen LogP contribution in [0.15, 0.2) is 44.4 Å². The van der Waals surface area contributed by atoms with Crippen LogP contribution >= 0.6 is 23.1 Å². The molecule has 0 radical (unpaired) electrons. The number of para-hydroxylation sites is 1. The number of thioether (sulfide) groups is 1. The maximum atomic E-state index is 12.3. The van der Waals surface area contributed by atoms with Gasteiger partial charge in [-0.05, 0) is 30.0 Å². The van der Waals surface area contributed by atoms with Gasteiger partial charge in [-0.15, -0.1) is 11.3 Å². The third-order valence-corrected chi connectivity index (χ3v) is 5.84. The zero-order chi connectivity index (χ0) is 17.6. The van der Waals surface area contributed by atoms with Crippen molar-refractivity contribution >= 4 is 44.2 Å². The lowest BCUT2D eigenvalue weighted by molar-refractivity contribution is 0.727. The number of nitrogens with one attached hydrogen (secondary N) is 1. The lowest BCUT2D eigenvalue weighted by Gasteiger charge is -2.07. The van der Waals surface area contributed by atoms with E-state index in [-0.39, 0.29) is 11.1 Å². The summed E-state index contributed by atoms with van der Waals surface area (Å²) in [7, 11) is 1.70. The van der Waals surface area contributed by atoms with Gasteiger partial charge in [-0.3, -0.25) is 14.2 Å². The summed E-state index contributed by atoms with van der Waals surface area (Å²) in [5, 5.41) is 3.68. The van der Waals surface area contributed by atoms with Crippen LogP contribution in [0, 0.1) is 6.92 Å². The van der Waals surface area contributed by atoms with E-state index in [2.05, 4.69) is 15.0 Å². The predicted octanol–water partition coefficient (Wildman–Crippen LogP) is 2.83. The number of benzene rings is 1. The molecule has 126 valence electrons. The number of hydrogen-bond acceptors (Lipinski definition) is 6. The summed E-state index contributed by atoms with van der Waals surface area (Å²) < 4.78 is 1.53. The number of rotatable bonds is 3. The maximum absolute atomic E-state index is 12.3. The fraction of sp³-hybridized carbons (Fsp3) is 0.176. The molecule has 0 aliphatic heterocycles. The molecule has 0 bridgehead atoms. The molecule has 0 saturated carbocycles. The molecule has 0 spiro atoms. The lowest BCUT2D eigenvalue weighted by atomic mass is 10.1. The van der Waals surface area contributed by atoms with E-state index in [1.165, 1.54) is 27.7 Å². The first-order chi connectivity index (χ1) is 12.0. The van der Waals surface area contributed by atoms with E-state index < -0.39 is 0 Å². The number of nitrogens with zero attached hydrogens (tertiary/aromatic N) is 3. The molecule has 0 fully saturated rings. The largest absolute Gasteiger partial charge is 0.309 e. The van der Waals surface area contributed by atoms with Crippen LogP contribution in [0.1, 0.15) is 11.4 Å². The third kappa shape index (κ3) is 2.77. The van der Waals surface area contributed by atoms with Crippen LogP contribution in [-0.4, -0.2) is 19.5 Å². The van der Waals surface area contributed by atoms with Crippen LogP contribution in [0.25, 0.3) is 21.1 Å². The summed E-state index contributed by atoms with van der Waals surface area (Å²) in [6, 6.07) is 7.33. The van der Waals surface area contributed by atoms with E-state index in [0.717, 1.165) is 10.4 Å². The Labute approximate surface area is 150 Å². The molecule has 6 nitrogen and oxygen atoms in total. The van der Waals surface area contributed by atoms with E-state index in [1.807, 2.05) is 24.4 Å².